The number of aliphatic hydroxyl groups is 2. The molecule has 0 saturated carbocycles. The van der Waals surface area contributed by atoms with Gasteiger partial charge in [-0.2, -0.15) is 0 Å². The van der Waals surface area contributed by atoms with E-state index >= 15 is 0 Å². The molecule has 4 N–H and O–H groups in total. The number of phenolic OH excluding ortho intramolecular Hbond substituents is 2. The number of aromatic hydroxyl groups is 2. The zero-order chi connectivity index (χ0) is 19.7. The average Bonchev–Trinajstić information content (AvgIpc) is 2.60. The fraction of sp³-hybridized carbons (Fsp3) is 0.250. The number of hydrogen-bond acceptors (Lipinski definition) is 7. The molecule has 2 aliphatic rings. The maximum absolute atomic E-state index is 12.9. The number of benzene rings is 2. The van der Waals surface area contributed by atoms with Gasteiger partial charge in [0.15, 0.2) is 17.3 Å². The maximum atomic E-state index is 12.9. The van der Waals surface area contributed by atoms with Crippen LogP contribution in [0.2, 0.25) is 0 Å². The summed E-state index contributed by atoms with van der Waals surface area (Å²) >= 11 is 0. The maximum Gasteiger partial charge on any atom is 0.198 e. The second kappa shape index (κ2) is 5.48. The minimum atomic E-state index is -1.87. The lowest BCUT2D eigenvalue weighted by Crippen LogP contribution is -2.44. The van der Waals surface area contributed by atoms with E-state index in [0.717, 1.165) is 0 Å². The fourth-order valence-corrected chi connectivity index (χ4v) is 3.92. The first-order valence-electron chi connectivity index (χ1n) is 8.37. The molecule has 0 bridgehead atoms. The molecule has 0 fully saturated rings. The highest BCUT2D eigenvalue weighted by atomic mass is 16.3. The topological polar surface area (TPSA) is 132 Å². The summed E-state index contributed by atoms with van der Waals surface area (Å²) in [5.41, 5.74) is -2.20. The predicted octanol–water partition coefficient (Wildman–Crippen LogP) is 1.17. The molecule has 0 aromatic heterocycles. The Morgan fingerprint density at radius 2 is 1.78 bits per heavy atom. The molecule has 7 nitrogen and oxygen atoms in total. The van der Waals surface area contributed by atoms with Crippen LogP contribution in [0.5, 0.6) is 11.5 Å². The van der Waals surface area contributed by atoms with Crippen molar-refractivity contribution in [3.8, 4) is 11.5 Å². The first kappa shape index (κ1) is 17.4. The second-order valence-electron chi connectivity index (χ2n) is 7.06. The minimum absolute atomic E-state index is 0.0408. The van der Waals surface area contributed by atoms with Crippen molar-refractivity contribution in [2.45, 2.75) is 31.5 Å². The Morgan fingerprint density at radius 3 is 2.44 bits per heavy atom. The smallest absolute Gasteiger partial charge is 0.198 e. The van der Waals surface area contributed by atoms with E-state index in [9.17, 15) is 34.8 Å². The molecule has 138 valence electrons. The molecule has 0 aliphatic heterocycles. The van der Waals surface area contributed by atoms with Crippen LogP contribution in [0.4, 0.5) is 0 Å². The zero-order valence-corrected chi connectivity index (χ0v) is 14.3. The molecular weight excluding hydrogens is 352 g/mol. The Balaban J connectivity index is 1.98. The van der Waals surface area contributed by atoms with Crippen molar-refractivity contribution in [2.24, 2.45) is 0 Å². The SMILES string of the molecule is CC(=O)[C@@]1(O)Cc2c(cc3c(c2O)C(=O)c2cccc(O)c2C3=O)[C@H](O)C1. The molecule has 0 unspecified atom stereocenters. The lowest BCUT2D eigenvalue weighted by atomic mass is 9.73. The van der Waals surface area contributed by atoms with Crippen LogP contribution in [-0.2, 0) is 11.2 Å². The van der Waals surface area contributed by atoms with Crippen molar-refractivity contribution < 1.29 is 34.8 Å². The molecule has 0 amide bonds. The first-order chi connectivity index (χ1) is 12.7. The standard InChI is InChI=1S/C20H16O7/c1-8(21)20(27)6-12-10(14(23)7-20)5-11-16(19(12)26)17(24)9-3-2-4-13(22)15(9)18(11)25/h2-5,14,22-23,26-27H,6-7H2,1H3/t14-,20-/m1/s1. The van der Waals surface area contributed by atoms with E-state index < -0.39 is 34.8 Å². The number of hydrogen-bond donors (Lipinski definition) is 4. The van der Waals surface area contributed by atoms with E-state index in [1.54, 1.807) is 0 Å². The second-order valence-corrected chi connectivity index (χ2v) is 7.06. The van der Waals surface area contributed by atoms with Crippen molar-refractivity contribution >= 4 is 17.3 Å². The van der Waals surface area contributed by atoms with E-state index in [-0.39, 0.29) is 52.0 Å². The molecule has 2 aromatic rings. The Bertz CT molecular complexity index is 1050. The van der Waals surface area contributed by atoms with E-state index in [1.807, 2.05) is 0 Å². The number of Topliss-reactive ketones (excluding diaryl/α,β-unsaturated/α-hetero) is 1. The van der Waals surface area contributed by atoms with E-state index in [4.69, 9.17) is 0 Å². The zero-order valence-electron chi connectivity index (χ0n) is 14.3. The molecule has 2 atom stereocenters. The van der Waals surface area contributed by atoms with Crippen LogP contribution in [-0.4, -0.2) is 43.4 Å². The molecule has 2 aromatic carbocycles. The summed E-state index contributed by atoms with van der Waals surface area (Å²) in [5.74, 6) is -2.74. The van der Waals surface area contributed by atoms with Gasteiger partial charge in [0.05, 0.1) is 17.2 Å². The molecule has 4 rings (SSSR count). The highest BCUT2D eigenvalue weighted by Gasteiger charge is 2.44. The molecule has 0 radical (unpaired) electrons. The molecule has 2 aliphatic carbocycles. The van der Waals surface area contributed by atoms with Crippen LogP contribution in [0.1, 0.15) is 62.4 Å². The Hall–Kier alpha value is -3.03. The molecule has 0 heterocycles. The molecule has 0 saturated heterocycles. The van der Waals surface area contributed by atoms with Crippen molar-refractivity contribution in [1.29, 1.82) is 0 Å². The molecule has 27 heavy (non-hydrogen) atoms. The minimum Gasteiger partial charge on any atom is -0.507 e. The van der Waals surface area contributed by atoms with Crippen molar-refractivity contribution in [1.82, 2.24) is 0 Å². The number of carbonyl (C=O) groups is 3. The van der Waals surface area contributed by atoms with Gasteiger partial charge in [0, 0.05) is 29.5 Å². The van der Waals surface area contributed by atoms with Gasteiger partial charge < -0.3 is 20.4 Å². The van der Waals surface area contributed by atoms with E-state index in [2.05, 4.69) is 0 Å². The van der Waals surface area contributed by atoms with E-state index in [1.165, 1.54) is 31.2 Å². The van der Waals surface area contributed by atoms with Crippen molar-refractivity contribution in [3.63, 3.8) is 0 Å². The van der Waals surface area contributed by atoms with Crippen LogP contribution < -0.4 is 0 Å². The van der Waals surface area contributed by atoms with Gasteiger partial charge in [-0.15, -0.1) is 0 Å². The molecule has 0 spiro atoms. The number of aliphatic hydroxyl groups excluding tert-OH is 1. The van der Waals surface area contributed by atoms with Gasteiger partial charge in [0.2, 0.25) is 0 Å². The quantitative estimate of drug-likeness (QED) is 0.507. The van der Waals surface area contributed by atoms with Gasteiger partial charge in [-0.1, -0.05) is 12.1 Å². The highest BCUT2D eigenvalue weighted by molar-refractivity contribution is 6.30. The van der Waals surface area contributed by atoms with Crippen molar-refractivity contribution in [3.05, 3.63) is 57.6 Å². The van der Waals surface area contributed by atoms with Crippen LogP contribution in [0, 0.1) is 0 Å². The van der Waals surface area contributed by atoms with Crippen molar-refractivity contribution in [2.75, 3.05) is 0 Å². The summed E-state index contributed by atoms with van der Waals surface area (Å²) < 4.78 is 0. The van der Waals surface area contributed by atoms with Gasteiger partial charge in [-0.3, -0.25) is 14.4 Å². The summed E-state index contributed by atoms with van der Waals surface area (Å²) in [5, 5.41) is 41.6. The van der Waals surface area contributed by atoms with Crippen LogP contribution in [0.25, 0.3) is 0 Å². The summed E-state index contributed by atoms with van der Waals surface area (Å²) in [7, 11) is 0. The summed E-state index contributed by atoms with van der Waals surface area (Å²) in [6.07, 6.45) is -1.85. The van der Waals surface area contributed by atoms with E-state index in [0.29, 0.717) is 0 Å². The molecular formula is C20H16O7. The number of rotatable bonds is 1. The number of fused-ring (bicyclic) bond motifs is 3. The van der Waals surface area contributed by atoms with Gasteiger partial charge >= 0.3 is 0 Å². The fourth-order valence-electron chi connectivity index (χ4n) is 3.92. The number of ketones is 3. The monoisotopic (exact) mass is 368 g/mol. The third-order valence-corrected chi connectivity index (χ3v) is 5.44. The highest BCUT2D eigenvalue weighted by Crippen LogP contribution is 2.45. The lowest BCUT2D eigenvalue weighted by Gasteiger charge is -2.36. The summed E-state index contributed by atoms with van der Waals surface area (Å²) in [4.78, 5) is 37.5. The summed E-state index contributed by atoms with van der Waals surface area (Å²) in [6, 6.07) is 5.37. The summed E-state index contributed by atoms with van der Waals surface area (Å²) in [6.45, 7) is 1.18. The van der Waals surface area contributed by atoms with Gasteiger partial charge in [-0.05, 0) is 24.6 Å². The normalized spacial score (nSPS) is 23.4. The third-order valence-electron chi connectivity index (χ3n) is 5.44. The largest absolute Gasteiger partial charge is 0.507 e. The Morgan fingerprint density at radius 1 is 1.11 bits per heavy atom. The third kappa shape index (κ3) is 2.25. The van der Waals surface area contributed by atoms with Crippen LogP contribution >= 0.6 is 0 Å². The lowest BCUT2D eigenvalue weighted by molar-refractivity contribution is -0.139. The Kier molecular flexibility index (Phi) is 3.53. The van der Waals surface area contributed by atoms with Gasteiger partial charge in [-0.25, -0.2) is 0 Å². The van der Waals surface area contributed by atoms with Gasteiger partial charge in [0.1, 0.15) is 17.1 Å². The molecule has 7 heteroatoms. The predicted molar refractivity (Wildman–Crippen MR) is 92.0 cm³/mol. The first-order valence-corrected chi connectivity index (χ1v) is 8.37. The Labute approximate surface area is 153 Å². The number of carbonyl (C=O) groups excluding carboxylic acids is 3. The average molecular weight is 368 g/mol. The van der Waals surface area contributed by atoms with Gasteiger partial charge in [0.25, 0.3) is 0 Å². The number of phenols is 2. The van der Waals surface area contributed by atoms with Crippen LogP contribution in [0.15, 0.2) is 24.3 Å². The van der Waals surface area contributed by atoms with Crippen LogP contribution in [0.3, 0.4) is 0 Å².